The number of nitrogens with zero attached hydrogens (tertiary/aromatic N) is 1. The quantitative estimate of drug-likeness (QED) is 0.649. The van der Waals surface area contributed by atoms with Gasteiger partial charge < -0.3 is 4.98 Å². The standard InChI is InChI=1S/C8H11N2.Co/c1-7(2)10-8-5-3-4-6-9-8;/h3-4,6-7H,1-2H3,(H,9,10);/q-1;. The van der Waals surface area contributed by atoms with Crippen molar-refractivity contribution in [3.8, 4) is 0 Å². The Morgan fingerprint density at radius 3 is 2.73 bits per heavy atom. The topological polar surface area (TPSA) is 28.1 Å². The third-order valence-corrected chi connectivity index (χ3v) is 1.02. The molecule has 0 spiro atoms. The maximum atomic E-state index is 4.25. The van der Waals surface area contributed by atoms with Crippen molar-refractivity contribution in [2.45, 2.75) is 19.9 Å². The zero-order valence-electron chi connectivity index (χ0n) is 6.59. The zero-order chi connectivity index (χ0) is 7.40. The molecule has 0 amide bonds. The Labute approximate surface area is 77.0 Å². The molecule has 0 aliphatic carbocycles. The molecule has 1 heterocycles. The zero-order valence-corrected chi connectivity index (χ0v) is 7.63. The summed E-state index contributed by atoms with van der Waals surface area (Å²) in [4.78, 5) is 7.23. The number of pyridine rings is 1. The summed E-state index contributed by atoms with van der Waals surface area (Å²) in [6.45, 7) is 4.07. The van der Waals surface area contributed by atoms with Crippen LogP contribution in [0.4, 0.5) is 0 Å². The van der Waals surface area contributed by atoms with Crippen LogP contribution in [0.25, 0.3) is 0 Å². The molecule has 0 fully saturated rings. The maximum absolute atomic E-state index is 4.25. The fourth-order valence-corrected chi connectivity index (χ4v) is 0.677. The van der Waals surface area contributed by atoms with E-state index in [0.717, 1.165) is 5.49 Å². The molecule has 0 saturated carbocycles. The molecule has 0 aromatic carbocycles. The Bertz CT molecular complexity index is 235. The summed E-state index contributed by atoms with van der Waals surface area (Å²) in [5.41, 5.74) is 0.817. The van der Waals surface area contributed by atoms with Crippen molar-refractivity contribution in [3.63, 3.8) is 0 Å². The summed E-state index contributed by atoms with van der Waals surface area (Å²) in [5.74, 6) is 0. The van der Waals surface area contributed by atoms with Gasteiger partial charge in [-0.2, -0.15) is 6.07 Å². The number of hydrogen-bond donors (Lipinski definition) is 1. The largest absolute Gasteiger partial charge is 0.380 e. The van der Waals surface area contributed by atoms with Crippen molar-refractivity contribution in [1.29, 1.82) is 0 Å². The van der Waals surface area contributed by atoms with Crippen molar-refractivity contribution >= 4 is 0 Å². The number of aromatic amines is 1. The van der Waals surface area contributed by atoms with Crippen LogP contribution in [0.3, 0.4) is 0 Å². The molecule has 63 valence electrons. The minimum atomic E-state index is 0. The summed E-state index contributed by atoms with van der Waals surface area (Å²) >= 11 is 0. The van der Waals surface area contributed by atoms with Crippen molar-refractivity contribution in [2.24, 2.45) is 4.99 Å². The first-order chi connectivity index (χ1) is 4.79. The molecule has 0 atom stereocenters. The van der Waals surface area contributed by atoms with Crippen LogP contribution in [-0.2, 0) is 16.8 Å². The van der Waals surface area contributed by atoms with Crippen LogP contribution in [0, 0.1) is 6.07 Å². The van der Waals surface area contributed by atoms with Crippen LogP contribution in [0.2, 0.25) is 0 Å². The third-order valence-electron chi connectivity index (χ3n) is 1.02. The summed E-state index contributed by atoms with van der Waals surface area (Å²) in [6.07, 6.45) is 1.84. The van der Waals surface area contributed by atoms with Crippen molar-refractivity contribution in [3.05, 3.63) is 29.9 Å². The number of H-pyrrole nitrogens is 1. The molecule has 1 N–H and O–H groups in total. The molecule has 2 nitrogen and oxygen atoms in total. The molecular weight excluding hydrogens is 183 g/mol. The van der Waals surface area contributed by atoms with Gasteiger partial charge in [0.1, 0.15) is 0 Å². The van der Waals surface area contributed by atoms with Crippen molar-refractivity contribution < 1.29 is 16.8 Å². The first kappa shape index (κ1) is 10.5. The Balaban J connectivity index is 0.000001000. The van der Waals surface area contributed by atoms with E-state index in [2.05, 4.69) is 16.0 Å². The van der Waals surface area contributed by atoms with Gasteiger partial charge in [-0.15, -0.1) is 0 Å². The van der Waals surface area contributed by atoms with Crippen LogP contribution >= 0.6 is 0 Å². The SMILES string of the molecule is CC(C)N=c1[c-]ccc[nH]1.[Co]. The second-order valence-corrected chi connectivity index (χ2v) is 2.39. The molecule has 0 bridgehead atoms. The number of hydrogen-bond acceptors (Lipinski definition) is 1. The van der Waals surface area contributed by atoms with E-state index >= 15 is 0 Å². The fourth-order valence-electron chi connectivity index (χ4n) is 0.677. The second-order valence-electron chi connectivity index (χ2n) is 2.39. The van der Waals surface area contributed by atoms with Gasteiger partial charge in [0.15, 0.2) is 0 Å². The normalized spacial score (nSPS) is 11.4. The van der Waals surface area contributed by atoms with Crippen LogP contribution in [-0.4, -0.2) is 11.0 Å². The van der Waals surface area contributed by atoms with Gasteiger partial charge in [0, 0.05) is 28.3 Å². The molecule has 0 unspecified atom stereocenters. The van der Waals surface area contributed by atoms with E-state index in [0.29, 0.717) is 6.04 Å². The van der Waals surface area contributed by atoms with Gasteiger partial charge in [-0.25, -0.2) is 12.1 Å². The van der Waals surface area contributed by atoms with Gasteiger partial charge in [0.2, 0.25) is 0 Å². The summed E-state index contributed by atoms with van der Waals surface area (Å²) < 4.78 is 0. The molecule has 0 aliphatic rings. The van der Waals surface area contributed by atoms with E-state index in [-0.39, 0.29) is 16.8 Å². The first-order valence-electron chi connectivity index (χ1n) is 3.38. The molecule has 0 aliphatic heterocycles. The van der Waals surface area contributed by atoms with E-state index in [1.54, 1.807) is 0 Å². The number of aromatic nitrogens is 1. The summed E-state index contributed by atoms with van der Waals surface area (Å²) in [6, 6.07) is 7.04. The van der Waals surface area contributed by atoms with E-state index in [1.165, 1.54) is 0 Å². The predicted octanol–water partition coefficient (Wildman–Crippen LogP) is 1.12. The van der Waals surface area contributed by atoms with Gasteiger partial charge >= 0.3 is 0 Å². The van der Waals surface area contributed by atoms with Crippen LogP contribution < -0.4 is 5.49 Å². The van der Waals surface area contributed by atoms with E-state index < -0.39 is 0 Å². The number of nitrogens with one attached hydrogen (secondary N) is 1. The summed E-state index contributed by atoms with van der Waals surface area (Å²) in [7, 11) is 0. The Kier molecular flexibility index (Phi) is 4.90. The van der Waals surface area contributed by atoms with Gasteiger partial charge in [-0.05, 0) is 13.8 Å². The minimum absolute atomic E-state index is 0. The number of rotatable bonds is 1. The molecular formula is C8H11CoN2-. The van der Waals surface area contributed by atoms with Gasteiger partial charge in [-0.3, -0.25) is 4.99 Å². The van der Waals surface area contributed by atoms with E-state index in [4.69, 9.17) is 0 Å². The molecule has 11 heavy (non-hydrogen) atoms. The molecule has 1 rings (SSSR count). The molecule has 3 heteroatoms. The van der Waals surface area contributed by atoms with Crippen LogP contribution in [0.15, 0.2) is 23.3 Å². The molecule has 1 radical (unpaired) electrons. The van der Waals surface area contributed by atoms with E-state index in [1.807, 2.05) is 32.2 Å². The van der Waals surface area contributed by atoms with Crippen LogP contribution in [0.1, 0.15) is 13.8 Å². The molecule has 1 aromatic rings. The Morgan fingerprint density at radius 1 is 1.55 bits per heavy atom. The minimum Gasteiger partial charge on any atom is -0.380 e. The smallest absolute Gasteiger partial charge is 0.0448 e. The van der Waals surface area contributed by atoms with Crippen LogP contribution in [0.5, 0.6) is 0 Å². The van der Waals surface area contributed by atoms with Crippen molar-refractivity contribution in [2.75, 3.05) is 0 Å². The average molecular weight is 194 g/mol. The predicted molar refractivity (Wildman–Crippen MR) is 40.3 cm³/mol. The monoisotopic (exact) mass is 194 g/mol. The Morgan fingerprint density at radius 2 is 2.27 bits per heavy atom. The second kappa shape index (κ2) is 5.15. The van der Waals surface area contributed by atoms with Gasteiger partial charge in [0.25, 0.3) is 0 Å². The fraction of sp³-hybridized carbons (Fsp3) is 0.375. The maximum Gasteiger partial charge on any atom is 0.0448 e. The van der Waals surface area contributed by atoms with Gasteiger partial charge in [-0.1, -0.05) is 6.20 Å². The summed E-state index contributed by atoms with van der Waals surface area (Å²) in [5, 5.41) is 0. The molecule has 0 saturated heterocycles. The van der Waals surface area contributed by atoms with Gasteiger partial charge in [0.05, 0.1) is 0 Å². The Hall–Kier alpha value is -0.544. The van der Waals surface area contributed by atoms with Crippen molar-refractivity contribution in [1.82, 2.24) is 4.98 Å². The first-order valence-corrected chi connectivity index (χ1v) is 3.38. The molecule has 1 aromatic heterocycles. The van der Waals surface area contributed by atoms with E-state index in [9.17, 15) is 0 Å². The average Bonchev–Trinajstić information content (AvgIpc) is 1.88. The third kappa shape index (κ3) is 4.01.